The van der Waals surface area contributed by atoms with Crippen LogP contribution in [0.25, 0.3) is 0 Å². The van der Waals surface area contributed by atoms with Gasteiger partial charge >= 0.3 is 6.18 Å². The van der Waals surface area contributed by atoms with Gasteiger partial charge in [-0.1, -0.05) is 6.42 Å². The summed E-state index contributed by atoms with van der Waals surface area (Å²) >= 11 is 0. The predicted molar refractivity (Wildman–Crippen MR) is 53.5 cm³/mol. The van der Waals surface area contributed by atoms with Gasteiger partial charge in [0.1, 0.15) is 0 Å². The maximum Gasteiger partial charge on any atom is 0.391 e. The standard InChI is InChI=1S/C10H19F3N2/c1-15(2)9(7-14)5-3-4-8(6-9)10(11,12)13/h8H,3-7,14H2,1-2H3. The molecule has 0 heterocycles. The van der Waals surface area contributed by atoms with E-state index in [-0.39, 0.29) is 12.8 Å². The fourth-order valence-corrected chi connectivity index (χ4v) is 2.39. The molecule has 1 aliphatic rings. The maximum absolute atomic E-state index is 12.6. The van der Waals surface area contributed by atoms with Crippen molar-refractivity contribution < 1.29 is 13.2 Å². The van der Waals surface area contributed by atoms with E-state index in [0.29, 0.717) is 13.0 Å². The van der Waals surface area contributed by atoms with Crippen LogP contribution in [-0.2, 0) is 0 Å². The number of hydrogen-bond acceptors (Lipinski definition) is 2. The maximum atomic E-state index is 12.6. The Bertz CT molecular complexity index is 215. The van der Waals surface area contributed by atoms with Gasteiger partial charge in [-0.15, -0.1) is 0 Å². The lowest BCUT2D eigenvalue weighted by Gasteiger charge is -2.45. The Hall–Kier alpha value is -0.290. The summed E-state index contributed by atoms with van der Waals surface area (Å²) in [6.45, 7) is 0.298. The number of nitrogens with two attached hydrogens (primary N) is 1. The van der Waals surface area contributed by atoms with Crippen molar-refractivity contribution in [2.24, 2.45) is 11.7 Å². The highest BCUT2D eigenvalue weighted by Gasteiger charge is 2.47. The summed E-state index contributed by atoms with van der Waals surface area (Å²) in [5.41, 5.74) is 5.18. The third-order valence-corrected chi connectivity index (χ3v) is 3.61. The molecule has 0 aromatic rings. The van der Waals surface area contributed by atoms with Gasteiger partial charge in [-0.2, -0.15) is 13.2 Å². The van der Waals surface area contributed by atoms with Crippen molar-refractivity contribution >= 4 is 0 Å². The molecular formula is C10H19F3N2. The number of hydrogen-bond donors (Lipinski definition) is 1. The molecule has 2 atom stereocenters. The molecule has 5 heteroatoms. The molecule has 1 rings (SSSR count). The summed E-state index contributed by atoms with van der Waals surface area (Å²) < 4.78 is 37.9. The van der Waals surface area contributed by atoms with Gasteiger partial charge in [0.15, 0.2) is 0 Å². The minimum Gasteiger partial charge on any atom is -0.329 e. The Kier molecular flexibility index (Phi) is 3.66. The Balaban J connectivity index is 2.78. The normalized spacial score (nSPS) is 33.4. The molecule has 0 radical (unpaired) electrons. The Morgan fingerprint density at radius 1 is 1.40 bits per heavy atom. The first-order valence-electron chi connectivity index (χ1n) is 5.26. The lowest BCUT2D eigenvalue weighted by molar-refractivity contribution is -0.192. The molecule has 1 saturated carbocycles. The zero-order valence-corrected chi connectivity index (χ0v) is 9.27. The van der Waals surface area contributed by atoms with Crippen LogP contribution < -0.4 is 5.73 Å². The van der Waals surface area contributed by atoms with Crippen LogP contribution in [0.4, 0.5) is 13.2 Å². The molecule has 0 aromatic heterocycles. The molecule has 1 aliphatic carbocycles. The third kappa shape index (κ3) is 2.64. The molecule has 2 unspecified atom stereocenters. The minimum absolute atomic E-state index is 0.139. The summed E-state index contributed by atoms with van der Waals surface area (Å²) in [5, 5.41) is 0. The van der Waals surface area contributed by atoms with E-state index in [1.807, 2.05) is 19.0 Å². The second-order valence-electron chi connectivity index (χ2n) is 4.66. The van der Waals surface area contributed by atoms with E-state index >= 15 is 0 Å². The van der Waals surface area contributed by atoms with Gasteiger partial charge in [0.25, 0.3) is 0 Å². The number of nitrogens with zero attached hydrogens (tertiary/aromatic N) is 1. The summed E-state index contributed by atoms with van der Waals surface area (Å²) in [6.07, 6.45) is -2.31. The van der Waals surface area contributed by atoms with Crippen LogP contribution in [0.5, 0.6) is 0 Å². The van der Waals surface area contributed by atoms with Gasteiger partial charge in [0.2, 0.25) is 0 Å². The molecule has 90 valence electrons. The first-order chi connectivity index (χ1) is 6.82. The van der Waals surface area contributed by atoms with E-state index < -0.39 is 17.6 Å². The van der Waals surface area contributed by atoms with Crippen molar-refractivity contribution in [3.8, 4) is 0 Å². The highest BCUT2D eigenvalue weighted by molar-refractivity contribution is 4.96. The van der Waals surface area contributed by atoms with Gasteiger partial charge in [0, 0.05) is 12.1 Å². The third-order valence-electron chi connectivity index (χ3n) is 3.61. The van der Waals surface area contributed by atoms with Crippen LogP contribution in [0.3, 0.4) is 0 Å². The van der Waals surface area contributed by atoms with Gasteiger partial charge in [-0.25, -0.2) is 0 Å². The van der Waals surface area contributed by atoms with Crippen LogP contribution >= 0.6 is 0 Å². The lowest BCUT2D eigenvalue weighted by atomic mass is 9.74. The van der Waals surface area contributed by atoms with Crippen molar-refractivity contribution in [1.29, 1.82) is 0 Å². The van der Waals surface area contributed by atoms with Crippen molar-refractivity contribution in [2.45, 2.75) is 37.4 Å². The first-order valence-corrected chi connectivity index (χ1v) is 5.26. The van der Waals surface area contributed by atoms with Crippen LogP contribution in [0.2, 0.25) is 0 Å². The zero-order valence-electron chi connectivity index (χ0n) is 9.27. The molecule has 0 aromatic carbocycles. The number of rotatable bonds is 2. The largest absolute Gasteiger partial charge is 0.391 e. The van der Waals surface area contributed by atoms with Gasteiger partial charge in [-0.05, 0) is 33.4 Å². The molecule has 0 aliphatic heterocycles. The van der Waals surface area contributed by atoms with Gasteiger partial charge < -0.3 is 10.6 Å². The monoisotopic (exact) mass is 224 g/mol. The minimum atomic E-state index is -4.07. The molecule has 1 fully saturated rings. The number of halogens is 3. The van der Waals surface area contributed by atoms with E-state index in [9.17, 15) is 13.2 Å². The van der Waals surface area contributed by atoms with Crippen LogP contribution in [0.15, 0.2) is 0 Å². The Morgan fingerprint density at radius 3 is 2.40 bits per heavy atom. The van der Waals surface area contributed by atoms with Crippen LogP contribution in [0.1, 0.15) is 25.7 Å². The highest BCUT2D eigenvalue weighted by atomic mass is 19.4. The molecule has 0 amide bonds. The summed E-state index contributed by atoms with van der Waals surface area (Å²) in [4.78, 5) is 1.85. The van der Waals surface area contributed by atoms with Crippen molar-refractivity contribution in [3.05, 3.63) is 0 Å². The van der Waals surface area contributed by atoms with Crippen LogP contribution in [-0.4, -0.2) is 37.3 Å². The molecule has 0 saturated heterocycles. The zero-order chi connectivity index (χ0) is 11.7. The second kappa shape index (κ2) is 4.29. The number of likely N-dealkylation sites (N-methyl/N-ethyl adjacent to an activating group) is 1. The molecule has 2 nitrogen and oxygen atoms in total. The molecule has 15 heavy (non-hydrogen) atoms. The van der Waals surface area contributed by atoms with E-state index in [2.05, 4.69) is 0 Å². The Labute approximate surface area is 88.6 Å². The molecule has 0 bridgehead atoms. The highest BCUT2D eigenvalue weighted by Crippen LogP contribution is 2.43. The first kappa shape index (κ1) is 12.8. The molecule has 2 N–H and O–H groups in total. The number of alkyl halides is 3. The van der Waals surface area contributed by atoms with E-state index in [1.54, 1.807) is 0 Å². The summed E-state index contributed by atoms with van der Waals surface area (Å²) in [6, 6.07) is 0. The van der Waals surface area contributed by atoms with Crippen LogP contribution in [0, 0.1) is 5.92 Å². The SMILES string of the molecule is CN(C)C1(CN)CCCC(C(F)(F)F)C1. The van der Waals surface area contributed by atoms with Crippen molar-refractivity contribution in [1.82, 2.24) is 4.90 Å². The fraction of sp³-hybridized carbons (Fsp3) is 1.00. The van der Waals surface area contributed by atoms with Crippen molar-refractivity contribution in [2.75, 3.05) is 20.6 Å². The molecule has 0 spiro atoms. The van der Waals surface area contributed by atoms with E-state index in [0.717, 1.165) is 6.42 Å². The predicted octanol–water partition coefficient (Wildman–Crippen LogP) is 2.00. The smallest absolute Gasteiger partial charge is 0.329 e. The summed E-state index contributed by atoms with van der Waals surface area (Å²) in [5.74, 6) is -1.18. The van der Waals surface area contributed by atoms with Crippen molar-refractivity contribution in [3.63, 3.8) is 0 Å². The molecular weight excluding hydrogens is 205 g/mol. The lowest BCUT2D eigenvalue weighted by Crippen LogP contribution is -2.54. The topological polar surface area (TPSA) is 29.3 Å². The second-order valence-corrected chi connectivity index (χ2v) is 4.66. The average molecular weight is 224 g/mol. The average Bonchev–Trinajstić information content (AvgIpc) is 2.16. The van der Waals surface area contributed by atoms with Gasteiger partial charge in [-0.3, -0.25) is 0 Å². The van der Waals surface area contributed by atoms with Gasteiger partial charge in [0.05, 0.1) is 5.92 Å². The van der Waals surface area contributed by atoms with E-state index in [4.69, 9.17) is 5.73 Å². The summed E-state index contributed by atoms with van der Waals surface area (Å²) in [7, 11) is 3.62. The fourth-order valence-electron chi connectivity index (χ4n) is 2.39. The van der Waals surface area contributed by atoms with E-state index in [1.165, 1.54) is 0 Å². The quantitative estimate of drug-likeness (QED) is 0.777. The Morgan fingerprint density at radius 2 is 2.00 bits per heavy atom.